The minimum atomic E-state index is -0.444. The highest BCUT2D eigenvalue weighted by molar-refractivity contribution is 8.00. The standard InChI is InChI=1S/C21H24N6O3S2/c1-13(32-21-23-18(25-26-21)10-9-14-5-2-3-6-14)19(28)24-20-22-17(12-31-20)15-7-4-8-16(11-15)27(29)30/h4,7-8,11-14H,2-3,5-6,9-10H2,1H3,(H,22,24,28)(H,23,25,26). The molecule has 0 saturated heterocycles. The normalized spacial score (nSPS) is 15.0. The van der Waals surface area contributed by atoms with Crippen LogP contribution in [0.15, 0.2) is 34.8 Å². The van der Waals surface area contributed by atoms with E-state index in [9.17, 15) is 14.9 Å². The molecule has 0 aliphatic heterocycles. The van der Waals surface area contributed by atoms with Gasteiger partial charge in [-0.15, -0.1) is 16.4 Å². The van der Waals surface area contributed by atoms with Gasteiger partial charge >= 0.3 is 0 Å². The van der Waals surface area contributed by atoms with Crippen molar-refractivity contribution >= 4 is 39.8 Å². The maximum Gasteiger partial charge on any atom is 0.270 e. The van der Waals surface area contributed by atoms with Crippen LogP contribution in [0, 0.1) is 16.0 Å². The van der Waals surface area contributed by atoms with E-state index >= 15 is 0 Å². The molecular formula is C21H24N6O3S2. The number of hydrogen-bond acceptors (Lipinski definition) is 8. The molecule has 1 aromatic carbocycles. The molecule has 168 valence electrons. The van der Waals surface area contributed by atoms with Gasteiger partial charge in [0.15, 0.2) is 5.13 Å². The third-order valence-corrected chi connectivity index (χ3v) is 7.23. The lowest BCUT2D eigenvalue weighted by Crippen LogP contribution is -2.22. The predicted molar refractivity (Wildman–Crippen MR) is 125 cm³/mol. The number of rotatable bonds is 9. The Balaban J connectivity index is 1.30. The van der Waals surface area contributed by atoms with E-state index in [-0.39, 0.29) is 11.6 Å². The molecule has 9 nitrogen and oxygen atoms in total. The Bertz CT molecular complexity index is 1090. The summed E-state index contributed by atoms with van der Waals surface area (Å²) in [7, 11) is 0. The fourth-order valence-corrected chi connectivity index (χ4v) is 5.21. The van der Waals surface area contributed by atoms with Gasteiger partial charge in [-0.1, -0.05) is 49.6 Å². The number of hydrogen-bond donors (Lipinski definition) is 2. The lowest BCUT2D eigenvalue weighted by Gasteiger charge is -2.07. The smallest absolute Gasteiger partial charge is 0.270 e. The number of non-ortho nitro benzene ring substituents is 1. The van der Waals surface area contributed by atoms with Crippen LogP contribution in [-0.4, -0.2) is 36.2 Å². The van der Waals surface area contributed by atoms with Crippen LogP contribution in [0.2, 0.25) is 0 Å². The van der Waals surface area contributed by atoms with E-state index in [4.69, 9.17) is 0 Å². The van der Waals surface area contributed by atoms with Gasteiger partial charge in [0, 0.05) is 29.5 Å². The number of amides is 1. The Morgan fingerprint density at radius 3 is 2.97 bits per heavy atom. The average molecular weight is 473 g/mol. The zero-order chi connectivity index (χ0) is 22.5. The maximum absolute atomic E-state index is 12.6. The molecule has 32 heavy (non-hydrogen) atoms. The number of aromatic nitrogens is 4. The molecule has 1 fully saturated rings. The zero-order valence-electron chi connectivity index (χ0n) is 17.6. The Hall–Kier alpha value is -2.79. The van der Waals surface area contributed by atoms with Gasteiger partial charge in [0.1, 0.15) is 5.82 Å². The van der Waals surface area contributed by atoms with Gasteiger partial charge in [-0.05, 0) is 19.3 Å². The van der Waals surface area contributed by atoms with Gasteiger partial charge in [-0.2, -0.15) is 0 Å². The molecule has 4 rings (SSSR count). The van der Waals surface area contributed by atoms with Crippen molar-refractivity contribution in [3.8, 4) is 11.3 Å². The molecule has 1 aliphatic rings. The highest BCUT2D eigenvalue weighted by Gasteiger charge is 2.20. The van der Waals surface area contributed by atoms with Crippen LogP contribution in [0.1, 0.15) is 44.9 Å². The number of aryl methyl sites for hydroxylation is 1. The molecule has 2 heterocycles. The van der Waals surface area contributed by atoms with Crippen molar-refractivity contribution in [3.05, 3.63) is 45.6 Å². The summed E-state index contributed by atoms with van der Waals surface area (Å²) in [6, 6.07) is 6.26. The molecule has 2 aromatic heterocycles. The summed E-state index contributed by atoms with van der Waals surface area (Å²) < 4.78 is 0. The second kappa shape index (κ2) is 10.2. The van der Waals surface area contributed by atoms with E-state index < -0.39 is 10.2 Å². The van der Waals surface area contributed by atoms with E-state index in [1.54, 1.807) is 24.4 Å². The van der Waals surface area contributed by atoms with E-state index in [1.807, 2.05) is 0 Å². The summed E-state index contributed by atoms with van der Waals surface area (Å²) in [6.45, 7) is 1.80. The van der Waals surface area contributed by atoms with Crippen molar-refractivity contribution in [2.75, 3.05) is 5.32 Å². The van der Waals surface area contributed by atoms with E-state index in [0.717, 1.165) is 24.6 Å². The first-order valence-electron chi connectivity index (χ1n) is 10.6. The number of aromatic amines is 1. The van der Waals surface area contributed by atoms with E-state index in [0.29, 0.717) is 21.5 Å². The number of nitro groups is 1. The topological polar surface area (TPSA) is 127 Å². The number of thiazole rings is 1. The molecule has 1 saturated carbocycles. The molecular weight excluding hydrogens is 448 g/mol. The first-order chi connectivity index (χ1) is 15.5. The minimum Gasteiger partial charge on any atom is -0.301 e. The van der Waals surface area contributed by atoms with Crippen molar-refractivity contribution in [3.63, 3.8) is 0 Å². The van der Waals surface area contributed by atoms with Crippen molar-refractivity contribution in [2.24, 2.45) is 5.92 Å². The molecule has 1 atom stereocenters. The molecule has 1 amide bonds. The van der Waals surface area contributed by atoms with Crippen molar-refractivity contribution in [1.82, 2.24) is 20.2 Å². The number of carbonyl (C=O) groups excluding carboxylic acids is 1. The fraction of sp³-hybridized carbons (Fsp3) is 0.429. The summed E-state index contributed by atoms with van der Waals surface area (Å²) in [4.78, 5) is 32.0. The minimum absolute atomic E-state index is 0.000206. The molecule has 0 bridgehead atoms. The SMILES string of the molecule is CC(Sc1n[nH]c(CCC2CCCC2)n1)C(=O)Nc1nc(-c2cccc([N+](=O)[O-])c2)cs1. The third-order valence-electron chi connectivity index (χ3n) is 5.51. The Kier molecular flexibility index (Phi) is 7.15. The molecule has 1 aliphatic carbocycles. The molecule has 0 radical (unpaired) electrons. The summed E-state index contributed by atoms with van der Waals surface area (Å²) in [6.07, 6.45) is 7.31. The fourth-order valence-electron chi connectivity index (χ4n) is 3.74. The molecule has 1 unspecified atom stereocenters. The van der Waals surface area contributed by atoms with Crippen LogP contribution in [0.25, 0.3) is 11.3 Å². The second-order valence-corrected chi connectivity index (χ2v) is 10.0. The maximum atomic E-state index is 12.6. The number of benzene rings is 1. The first kappa shape index (κ1) is 22.4. The van der Waals surface area contributed by atoms with Gasteiger partial charge < -0.3 is 5.32 Å². The number of nitro benzene ring substituents is 1. The highest BCUT2D eigenvalue weighted by atomic mass is 32.2. The van der Waals surface area contributed by atoms with Gasteiger partial charge in [0.25, 0.3) is 5.69 Å². The summed E-state index contributed by atoms with van der Waals surface area (Å²) in [5.41, 5.74) is 1.21. The number of carbonyl (C=O) groups is 1. The van der Waals surface area contributed by atoms with E-state index in [1.165, 1.54) is 60.9 Å². The van der Waals surface area contributed by atoms with Crippen LogP contribution in [0.5, 0.6) is 0 Å². The van der Waals surface area contributed by atoms with Gasteiger partial charge in [-0.25, -0.2) is 9.97 Å². The largest absolute Gasteiger partial charge is 0.301 e. The lowest BCUT2D eigenvalue weighted by molar-refractivity contribution is -0.384. The summed E-state index contributed by atoms with van der Waals surface area (Å²) >= 11 is 2.57. The molecule has 2 N–H and O–H groups in total. The number of nitrogens with zero attached hydrogens (tertiary/aromatic N) is 4. The molecule has 3 aromatic rings. The Morgan fingerprint density at radius 2 is 2.19 bits per heavy atom. The Labute approximate surface area is 193 Å². The van der Waals surface area contributed by atoms with Crippen LogP contribution in [0.4, 0.5) is 10.8 Å². The summed E-state index contributed by atoms with van der Waals surface area (Å²) in [5, 5.41) is 23.4. The second-order valence-electron chi connectivity index (χ2n) is 7.85. The van der Waals surface area contributed by atoms with Crippen molar-refractivity contribution < 1.29 is 9.72 Å². The molecule has 11 heteroatoms. The van der Waals surface area contributed by atoms with Crippen LogP contribution < -0.4 is 5.32 Å². The number of anilines is 1. The Morgan fingerprint density at radius 1 is 1.38 bits per heavy atom. The van der Waals surface area contributed by atoms with Crippen LogP contribution in [-0.2, 0) is 11.2 Å². The number of nitrogens with one attached hydrogen (secondary N) is 2. The van der Waals surface area contributed by atoms with Crippen molar-refractivity contribution in [2.45, 2.75) is 55.9 Å². The van der Waals surface area contributed by atoms with Crippen LogP contribution in [0.3, 0.4) is 0 Å². The van der Waals surface area contributed by atoms with Crippen molar-refractivity contribution in [1.29, 1.82) is 0 Å². The summed E-state index contributed by atoms with van der Waals surface area (Å²) in [5.74, 6) is 1.46. The van der Waals surface area contributed by atoms with Gasteiger partial charge in [0.05, 0.1) is 15.9 Å². The number of thioether (sulfide) groups is 1. The monoisotopic (exact) mass is 472 g/mol. The predicted octanol–water partition coefficient (Wildman–Crippen LogP) is 5.08. The first-order valence-corrected chi connectivity index (χ1v) is 12.3. The number of H-pyrrole nitrogens is 1. The lowest BCUT2D eigenvalue weighted by atomic mass is 10.0. The highest BCUT2D eigenvalue weighted by Crippen LogP contribution is 2.30. The quantitative estimate of drug-likeness (QED) is 0.253. The zero-order valence-corrected chi connectivity index (χ0v) is 19.2. The van der Waals surface area contributed by atoms with Gasteiger partial charge in [-0.3, -0.25) is 20.0 Å². The molecule has 0 spiro atoms. The third kappa shape index (κ3) is 5.71. The van der Waals surface area contributed by atoms with E-state index in [2.05, 4.69) is 25.5 Å². The average Bonchev–Trinajstić information content (AvgIpc) is 3.55. The van der Waals surface area contributed by atoms with Crippen LogP contribution >= 0.6 is 23.1 Å². The van der Waals surface area contributed by atoms with Gasteiger partial charge in [0.2, 0.25) is 11.1 Å².